The monoisotopic (exact) mass is 181 g/mol. The van der Waals surface area contributed by atoms with Crippen molar-refractivity contribution in [1.82, 2.24) is 0 Å². The van der Waals surface area contributed by atoms with Gasteiger partial charge in [0.25, 0.3) is 0 Å². The number of ether oxygens (including phenoxy) is 1. The van der Waals surface area contributed by atoms with Crippen LogP contribution in [0.3, 0.4) is 0 Å². The summed E-state index contributed by atoms with van der Waals surface area (Å²) in [6.45, 7) is 2.61. The summed E-state index contributed by atoms with van der Waals surface area (Å²) >= 11 is 0. The lowest BCUT2D eigenvalue weighted by molar-refractivity contribution is -0.135. The molecule has 0 aliphatic heterocycles. The van der Waals surface area contributed by atoms with Gasteiger partial charge in [0.15, 0.2) is 0 Å². The van der Waals surface area contributed by atoms with Gasteiger partial charge in [-0.15, -0.1) is 0 Å². The van der Waals surface area contributed by atoms with Crippen molar-refractivity contribution in [3.63, 3.8) is 0 Å². The number of carbonyl (C=O) groups excluding carboxylic acids is 1. The molecule has 3 nitrogen and oxygen atoms in total. The number of allylic oxidation sites excluding steroid dienone is 1. The van der Waals surface area contributed by atoms with Crippen molar-refractivity contribution in [1.29, 1.82) is 0 Å². The third-order valence-corrected chi connectivity index (χ3v) is 2.32. The summed E-state index contributed by atoms with van der Waals surface area (Å²) in [4.78, 5) is 11.2. The lowest BCUT2D eigenvalue weighted by atomic mass is 9.90. The molecule has 0 bridgehead atoms. The lowest BCUT2D eigenvalue weighted by Gasteiger charge is -2.17. The van der Waals surface area contributed by atoms with E-state index in [1.165, 1.54) is 7.11 Å². The molecular weight excluding hydrogens is 166 g/mol. The third kappa shape index (κ3) is 2.18. The van der Waals surface area contributed by atoms with Gasteiger partial charge in [-0.25, -0.2) is 4.79 Å². The number of rotatable bonds is 2. The normalized spacial score (nSPS) is 21.9. The van der Waals surface area contributed by atoms with Crippen molar-refractivity contribution in [3.05, 3.63) is 23.3 Å². The highest BCUT2D eigenvalue weighted by Gasteiger charge is 2.16. The van der Waals surface area contributed by atoms with Crippen molar-refractivity contribution in [3.8, 4) is 0 Å². The molecule has 1 aliphatic carbocycles. The highest BCUT2D eigenvalue weighted by atomic mass is 16.5. The quantitative estimate of drug-likeness (QED) is 0.647. The average Bonchev–Trinajstić information content (AvgIpc) is 2.17. The highest BCUT2D eigenvalue weighted by molar-refractivity contribution is 5.91. The molecule has 2 N–H and O–H groups in total. The maximum absolute atomic E-state index is 11.2. The van der Waals surface area contributed by atoms with Crippen molar-refractivity contribution < 1.29 is 9.53 Å². The van der Waals surface area contributed by atoms with E-state index in [-0.39, 0.29) is 5.97 Å². The molecule has 1 unspecified atom stereocenters. The summed E-state index contributed by atoms with van der Waals surface area (Å²) in [5.41, 5.74) is 7.29. The van der Waals surface area contributed by atoms with Crippen molar-refractivity contribution in [2.75, 3.05) is 13.7 Å². The van der Waals surface area contributed by atoms with Gasteiger partial charge in [-0.05, 0) is 18.4 Å². The summed E-state index contributed by atoms with van der Waals surface area (Å²) in [5, 5.41) is 0. The zero-order valence-electron chi connectivity index (χ0n) is 8.04. The van der Waals surface area contributed by atoms with Crippen LogP contribution >= 0.6 is 0 Å². The van der Waals surface area contributed by atoms with Crippen LogP contribution in [0.4, 0.5) is 0 Å². The average molecular weight is 181 g/mol. The van der Waals surface area contributed by atoms with E-state index in [1.807, 2.05) is 12.2 Å². The molecule has 1 aliphatic rings. The molecule has 0 radical (unpaired) electrons. The van der Waals surface area contributed by atoms with E-state index in [9.17, 15) is 4.79 Å². The first kappa shape index (κ1) is 9.99. The van der Waals surface area contributed by atoms with Crippen LogP contribution in [0.1, 0.15) is 13.3 Å². The molecule has 0 fully saturated rings. The Hall–Kier alpha value is -1.09. The van der Waals surface area contributed by atoms with Crippen LogP contribution in [0.5, 0.6) is 0 Å². The fourth-order valence-corrected chi connectivity index (χ4v) is 1.38. The van der Waals surface area contributed by atoms with E-state index < -0.39 is 0 Å². The Bertz CT molecular complexity index is 266. The van der Waals surface area contributed by atoms with Crippen LogP contribution in [-0.2, 0) is 9.53 Å². The second kappa shape index (κ2) is 4.23. The number of hydrogen-bond donors (Lipinski definition) is 1. The number of hydrogen-bond acceptors (Lipinski definition) is 3. The molecule has 0 spiro atoms. The lowest BCUT2D eigenvalue weighted by Crippen LogP contribution is -2.16. The van der Waals surface area contributed by atoms with E-state index >= 15 is 0 Å². The van der Waals surface area contributed by atoms with E-state index in [0.717, 1.165) is 12.0 Å². The topological polar surface area (TPSA) is 52.3 Å². The molecule has 1 atom stereocenters. The molecule has 0 amide bonds. The SMILES string of the molecule is COC(=O)C1=CCC(C)C(CN)=C1. The van der Waals surface area contributed by atoms with Crippen LogP contribution in [-0.4, -0.2) is 19.6 Å². The molecule has 0 aromatic carbocycles. The fourth-order valence-electron chi connectivity index (χ4n) is 1.38. The molecular formula is C10H15NO2. The standard InChI is InChI=1S/C10H15NO2/c1-7-3-4-8(10(12)13-2)5-9(7)6-11/h4-5,7H,3,6,11H2,1-2H3. The Morgan fingerprint density at radius 3 is 3.00 bits per heavy atom. The van der Waals surface area contributed by atoms with Gasteiger partial charge in [0.05, 0.1) is 12.7 Å². The fraction of sp³-hybridized carbons (Fsp3) is 0.500. The predicted molar refractivity (Wildman–Crippen MR) is 51.0 cm³/mol. The first-order chi connectivity index (χ1) is 6.19. The highest BCUT2D eigenvalue weighted by Crippen LogP contribution is 2.22. The summed E-state index contributed by atoms with van der Waals surface area (Å²) in [5.74, 6) is 0.163. The maximum atomic E-state index is 11.2. The summed E-state index contributed by atoms with van der Waals surface area (Å²) in [6, 6.07) is 0. The van der Waals surface area contributed by atoms with Crippen molar-refractivity contribution in [2.45, 2.75) is 13.3 Å². The van der Waals surface area contributed by atoms with Crippen LogP contribution < -0.4 is 5.73 Å². The Labute approximate surface area is 78.3 Å². The molecule has 0 heterocycles. The molecule has 0 saturated carbocycles. The summed E-state index contributed by atoms with van der Waals surface area (Å²) in [6.07, 6.45) is 4.60. The molecule has 3 heteroatoms. The zero-order valence-corrected chi connectivity index (χ0v) is 8.04. The minimum atomic E-state index is -0.280. The molecule has 0 aromatic heterocycles. The van der Waals surface area contributed by atoms with E-state index in [1.54, 1.807) is 0 Å². The largest absolute Gasteiger partial charge is 0.465 e. The number of carbonyl (C=O) groups is 1. The Morgan fingerprint density at radius 2 is 2.46 bits per heavy atom. The van der Waals surface area contributed by atoms with Crippen molar-refractivity contribution in [2.24, 2.45) is 11.7 Å². The summed E-state index contributed by atoms with van der Waals surface area (Å²) < 4.78 is 4.63. The van der Waals surface area contributed by atoms with E-state index in [0.29, 0.717) is 18.0 Å². The Kier molecular flexibility index (Phi) is 3.25. The second-order valence-electron chi connectivity index (χ2n) is 3.21. The number of methoxy groups -OCH3 is 1. The first-order valence-electron chi connectivity index (χ1n) is 4.38. The van der Waals surface area contributed by atoms with Crippen molar-refractivity contribution >= 4 is 5.97 Å². The van der Waals surface area contributed by atoms with Crippen LogP contribution in [0.25, 0.3) is 0 Å². The zero-order chi connectivity index (χ0) is 9.84. The van der Waals surface area contributed by atoms with Gasteiger partial charge in [-0.2, -0.15) is 0 Å². The van der Waals surface area contributed by atoms with Gasteiger partial charge in [0.1, 0.15) is 0 Å². The minimum Gasteiger partial charge on any atom is -0.465 e. The molecule has 72 valence electrons. The second-order valence-corrected chi connectivity index (χ2v) is 3.21. The molecule has 0 saturated heterocycles. The first-order valence-corrected chi connectivity index (χ1v) is 4.38. The van der Waals surface area contributed by atoms with Gasteiger partial charge >= 0.3 is 5.97 Å². The molecule has 1 rings (SSSR count). The van der Waals surface area contributed by atoms with Crippen LogP contribution in [0.15, 0.2) is 23.3 Å². The van der Waals surface area contributed by atoms with Gasteiger partial charge < -0.3 is 10.5 Å². The molecule has 13 heavy (non-hydrogen) atoms. The van der Waals surface area contributed by atoms with Gasteiger partial charge in [-0.1, -0.05) is 18.6 Å². The number of esters is 1. The smallest absolute Gasteiger partial charge is 0.337 e. The van der Waals surface area contributed by atoms with Crippen LogP contribution in [0.2, 0.25) is 0 Å². The molecule has 0 aromatic rings. The van der Waals surface area contributed by atoms with Crippen LogP contribution in [0, 0.1) is 5.92 Å². The van der Waals surface area contributed by atoms with Gasteiger partial charge in [0.2, 0.25) is 0 Å². The Balaban J connectivity index is 2.81. The third-order valence-electron chi connectivity index (χ3n) is 2.32. The Morgan fingerprint density at radius 1 is 1.77 bits per heavy atom. The minimum absolute atomic E-state index is 0.280. The van der Waals surface area contributed by atoms with Gasteiger partial charge in [-0.3, -0.25) is 0 Å². The summed E-state index contributed by atoms with van der Waals surface area (Å²) in [7, 11) is 1.39. The van der Waals surface area contributed by atoms with Gasteiger partial charge in [0, 0.05) is 6.54 Å². The maximum Gasteiger partial charge on any atom is 0.337 e. The van der Waals surface area contributed by atoms with E-state index in [2.05, 4.69) is 11.7 Å². The number of nitrogens with two attached hydrogens (primary N) is 1. The van der Waals surface area contributed by atoms with E-state index in [4.69, 9.17) is 5.73 Å². The predicted octanol–water partition coefficient (Wildman–Crippen LogP) is 1.01.